The van der Waals surface area contributed by atoms with E-state index in [1.54, 1.807) is 26.4 Å². The van der Waals surface area contributed by atoms with Crippen LogP contribution in [0.4, 0.5) is 5.13 Å². The second kappa shape index (κ2) is 8.93. The van der Waals surface area contributed by atoms with Crippen LogP contribution in [0.15, 0.2) is 28.7 Å². The molecule has 3 rings (SSSR count). The fraction of sp³-hybridized carbons (Fsp3) is 0.211. The van der Waals surface area contributed by atoms with Gasteiger partial charge in [0.25, 0.3) is 5.91 Å². The number of anilines is 1. The number of thiocarbonyl (C=S) groups is 1. The maximum atomic E-state index is 12.7. The molecule has 7 nitrogen and oxygen atoms in total. The number of hydrogen-bond acceptors (Lipinski definition) is 7. The first-order chi connectivity index (χ1) is 13.9. The first kappa shape index (κ1) is 21.3. The molecule has 0 atom stereocenters. The third-order valence-corrected chi connectivity index (χ3v) is 5.60. The highest BCUT2D eigenvalue weighted by molar-refractivity contribution is 9.10. The number of carbonyl (C=O) groups excluding carboxylic acids is 1. The first-order valence-electron chi connectivity index (χ1n) is 8.35. The van der Waals surface area contributed by atoms with Crippen LogP contribution in [0.3, 0.4) is 0 Å². The normalized spacial score (nSPS) is 10.5. The zero-order chi connectivity index (χ0) is 21.1. The van der Waals surface area contributed by atoms with E-state index in [9.17, 15) is 4.79 Å². The van der Waals surface area contributed by atoms with E-state index < -0.39 is 0 Å². The molecule has 1 amide bonds. The molecule has 0 aliphatic carbocycles. The minimum atomic E-state index is -0.385. The van der Waals surface area contributed by atoms with Gasteiger partial charge in [-0.15, -0.1) is 0 Å². The van der Waals surface area contributed by atoms with Crippen LogP contribution >= 0.6 is 39.5 Å². The molecule has 29 heavy (non-hydrogen) atoms. The maximum absolute atomic E-state index is 12.7. The summed E-state index contributed by atoms with van der Waals surface area (Å²) >= 11 is 10.0. The average molecular weight is 496 g/mol. The number of aromatic nitrogens is 1. The number of benzene rings is 2. The number of carbonyl (C=O) groups is 1. The number of amides is 1. The van der Waals surface area contributed by atoms with Crippen LogP contribution in [0, 0.1) is 6.92 Å². The van der Waals surface area contributed by atoms with Crippen LogP contribution in [0.25, 0.3) is 10.2 Å². The summed E-state index contributed by atoms with van der Waals surface area (Å²) in [5.74, 6) is 1.36. The minimum absolute atomic E-state index is 0.125. The van der Waals surface area contributed by atoms with Crippen LogP contribution in [0.5, 0.6) is 17.2 Å². The van der Waals surface area contributed by atoms with Crippen LogP contribution in [0.2, 0.25) is 0 Å². The number of thiazole rings is 1. The number of nitrogens with one attached hydrogen (secondary N) is 2. The number of methoxy groups -OCH3 is 3. The molecule has 0 saturated carbocycles. The molecule has 152 valence electrons. The number of fused-ring (bicyclic) bond motifs is 1. The van der Waals surface area contributed by atoms with Crippen molar-refractivity contribution in [1.29, 1.82) is 0 Å². The smallest absolute Gasteiger partial charge is 0.261 e. The predicted octanol–water partition coefficient (Wildman–Crippen LogP) is 4.52. The predicted molar refractivity (Wildman–Crippen MR) is 122 cm³/mol. The quantitative estimate of drug-likeness (QED) is 0.503. The summed E-state index contributed by atoms with van der Waals surface area (Å²) in [7, 11) is 4.68. The Balaban J connectivity index is 1.80. The summed E-state index contributed by atoms with van der Waals surface area (Å²) in [4.78, 5) is 17.2. The van der Waals surface area contributed by atoms with Crippen LogP contribution in [-0.4, -0.2) is 37.3 Å². The minimum Gasteiger partial charge on any atom is -0.497 e. The van der Waals surface area contributed by atoms with Gasteiger partial charge >= 0.3 is 0 Å². The number of halogens is 1. The standard InChI is InChI=1S/C19H18BrN3O4S2/c1-9-5-10(20)6-12(16(9)27-4)17(24)22-18(28)23-19-21-15-13(26-3)7-11(25-2)8-14(15)29-19/h5-8H,1-4H3,(H2,21,22,23,24,28). The van der Waals surface area contributed by atoms with Gasteiger partial charge in [0.1, 0.15) is 22.8 Å². The van der Waals surface area contributed by atoms with Crippen molar-refractivity contribution in [3.05, 3.63) is 39.9 Å². The van der Waals surface area contributed by atoms with Crippen LogP contribution in [0.1, 0.15) is 15.9 Å². The molecule has 0 aliphatic rings. The number of hydrogen-bond donors (Lipinski definition) is 2. The number of rotatable bonds is 5. The van der Waals surface area contributed by atoms with Crippen molar-refractivity contribution in [2.24, 2.45) is 0 Å². The molecule has 0 unspecified atom stereocenters. The average Bonchev–Trinajstić information content (AvgIpc) is 3.08. The lowest BCUT2D eigenvalue weighted by molar-refractivity contribution is 0.0974. The van der Waals surface area contributed by atoms with Gasteiger partial charge in [0, 0.05) is 10.5 Å². The van der Waals surface area contributed by atoms with E-state index in [4.69, 9.17) is 26.4 Å². The van der Waals surface area contributed by atoms with E-state index in [0.29, 0.717) is 33.5 Å². The summed E-state index contributed by atoms with van der Waals surface area (Å²) in [6.45, 7) is 1.86. The third-order valence-electron chi connectivity index (χ3n) is 4.02. The van der Waals surface area contributed by atoms with E-state index in [-0.39, 0.29) is 11.0 Å². The Morgan fingerprint density at radius 1 is 1.14 bits per heavy atom. The van der Waals surface area contributed by atoms with Crippen molar-refractivity contribution < 1.29 is 19.0 Å². The largest absolute Gasteiger partial charge is 0.497 e. The molecule has 1 heterocycles. The molecule has 2 N–H and O–H groups in total. The van der Waals surface area contributed by atoms with Gasteiger partial charge in [-0.2, -0.15) is 0 Å². The fourth-order valence-corrected chi connectivity index (χ4v) is 4.51. The van der Waals surface area contributed by atoms with Crippen LogP contribution < -0.4 is 24.8 Å². The summed E-state index contributed by atoms with van der Waals surface area (Å²) in [5.41, 5.74) is 1.89. The van der Waals surface area contributed by atoms with Crippen molar-refractivity contribution in [2.45, 2.75) is 6.92 Å². The van der Waals surface area contributed by atoms with Crippen molar-refractivity contribution in [3.63, 3.8) is 0 Å². The Labute approximate surface area is 185 Å². The van der Waals surface area contributed by atoms with Gasteiger partial charge in [-0.25, -0.2) is 4.98 Å². The van der Waals surface area contributed by atoms with Gasteiger partial charge in [-0.1, -0.05) is 27.3 Å². The van der Waals surface area contributed by atoms with E-state index in [2.05, 4.69) is 31.5 Å². The zero-order valence-electron chi connectivity index (χ0n) is 16.1. The molecule has 3 aromatic rings. The molecule has 2 aromatic carbocycles. The highest BCUT2D eigenvalue weighted by Crippen LogP contribution is 2.36. The lowest BCUT2D eigenvalue weighted by atomic mass is 10.1. The first-order valence-corrected chi connectivity index (χ1v) is 10.4. The topological polar surface area (TPSA) is 81.7 Å². The Hall–Kier alpha value is -2.43. The Bertz CT molecular complexity index is 1100. The highest BCUT2D eigenvalue weighted by atomic mass is 79.9. The summed E-state index contributed by atoms with van der Waals surface area (Å²) in [6.07, 6.45) is 0. The monoisotopic (exact) mass is 495 g/mol. The van der Waals surface area contributed by atoms with E-state index >= 15 is 0 Å². The second-order valence-corrected chi connectivity index (χ2v) is 8.26. The molecular formula is C19H18BrN3O4S2. The van der Waals surface area contributed by atoms with Gasteiger partial charge in [-0.3, -0.25) is 10.1 Å². The molecule has 1 aromatic heterocycles. The molecule has 0 aliphatic heterocycles. The zero-order valence-corrected chi connectivity index (χ0v) is 19.3. The van der Waals surface area contributed by atoms with Crippen LogP contribution in [-0.2, 0) is 0 Å². The lowest BCUT2D eigenvalue weighted by Crippen LogP contribution is -2.34. The second-order valence-electron chi connectivity index (χ2n) is 5.91. The molecule has 0 bridgehead atoms. The molecule has 0 radical (unpaired) electrons. The fourth-order valence-electron chi connectivity index (χ4n) is 2.77. The maximum Gasteiger partial charge on any atom is 0.261 e. The van der Waals surface area contributed by atoms with Gasteiger partial charge < -0.3 is 19.5 Å². The van der Waals surface area contributed by atoms with Gasteiger partial charge in [0.05, 0.1) is 31.6 Å². The van der Waals surface area contributed by atoms with Gasteiger partial charge in [0.15, 0.2) is 10.2 Å². The number of aryl methyl sites for hydroxylation is 1. The van der Waals surface area contributed by atoms with E-state index in [1.807, 2.05) is 19.1 Å². The number of nitrogens with zero attached hydrogens (tertiary/aromatic N) is 1. The Morgan fingerprint density at radius 2 is 1.90 bits per heavy atom. The van der Waals surface area contributed by atoms with Gasteiger partial charge in [0.2, 0.25) is 0 Å². The van der Waals surface area contributed by atoms with Crippen molar-refractivity contribution in [1.82, 2.24) is 10.3 Å². The Morgan fingerprint density at radius 3 is 2.55 bits per heavy atom. The highest BCUT2D eigenvalue weighted by Gasteiger charge is 2.18. The number of ether oxygens (including phenoxy) is 3. The lowest BCUT2D eigenvalue weighted by Gasteiger charge is -2.13. The SMILES string of the molecule is COc1cc(OC)c2nc(NC(=S)NC(=O)c3cc(Br)cc(C)c3OC)sc2c1. The molecule has 0 saturated heterocycles. The third kappa shape index (κ3) is 4.60. The molecule has 0 fully saturated rings. The van der Waals surface area contributed by atoms with Crippen molar-refractivity contribution >= 4 is 65.9 Å². The molecule has 0 spiro atoms. The molecular weight excluding hydrogens is 478 g/mol. The summed E-state index contributed by atoms with van der Waals surface area (Å²) < 4.78 is 17.6. The molecule has 10 heteroatoms. The van der Waals surface area contributed by atoms with Crippen molar-refractivity contribution in [3.8, 4) is 17.2 Å². The Kier molecular flexibility index (Phi) is 6.56. The van der Waals surface area contributed by atoms with Gasteiger partial charge in [-0.05, 0) is 42.9 Å². The summed E-state index contributed by atoms with van der Waals surface area (Å²) in [5, 5.41) is 6.25. The van der Waals surface area contributed by atoms with Crippen molar-refractivity contribution in [2.75, 3.05) is 26.6 Å². The van der Waals surface area contributed by atoms with E-state index in [1.165, 1.54) is 18.4 Å². The summed E-state index contributed by atoms with van der Waals surface area (Å²) in [6, 6.07) is 7.17. The van der Waals surface area contributed by atoms with E-state index in [0.717, 1.165) is 14.7 Å².